The van der Waals surface area contributed by atoms with E-state index < -0.39 is 11.6 Å². The predicted octanol–water partition coefficient (Wildman–Crippen LogP) is 6.01. The van der Waals surface area contributed by atoms with Crippen molar-refractivity contribution in [2.75, 3.05) is 25.0 Å². The van der Waals surface area contributed by atoms with E-state index in [1.54, 1.807) is 0 Å². The number of likely N-dealkylation sites (tertiary alicyclic amines) is 1. The van der Waals surface area contributed by atoms with E-state index >= 15 is 0 Å². The Morgan fingerprint density at radius 3 is 2.72 bits per heavy atom. The number of ether oxygens (including phenoxy) is 2. The number of fused-ring (bicyclic) bond motifs is 2. The van der Waals surface area contributed by atoms with E-state index in [1.807, 2.05) is 64.4 Å². The molecule has 2 aliphatic rings. The number of hydrogen-bond acceptors (Lipinski definition) is 7. The average molecular weight is 531 g/mol. The van der Waals surface area contributed by atoms with Crippen LogP contribution < -0.4 is 5.32 Å². The van der Waals surface area contributed by atoms with Gasteiger partial charge < -0.3 is 14.8 Å². The van der Waals surface area contributed by atoms with Gasteiger partial charge in [0.1, 0.15) is 17.5 Å². The maximum Gasteiger partial charge on any atom is 0.328 e. The minimum atomic E-state index is -0.550. The van der Waals surface area contributed by atoms with Crippen LogP contribution in [0.5, 0.6) is 0 Å². The van der Waals surface area contributed by atoms with Gasteiger partial charge in [-0.25, -0.2) is 9.78 Å². The van der Waals surface area contributed by atoms with E-state index in [2.05, 4.69) is 32.3 Å². The van der Waals surface area contributed by atoms with Crippen molar-refractivity contribution in [3.63, 3.8) is 0 Å². The van der Waals surface area contributed by atoms with Crippen molar-refractivity contribution < 1.29 is 14.3 Å². The van der Waals surface area contributed by atoms with Crippen molar-refractivity contribution in [2.24, 2.45) is 0 Å². The molecule has 2 atom stereocenters. The summed E-state index contributed by atoms with van der Waals surface area (Å²) in [6.07, 6.45) is 10.7. The van der Waals surface area contributed by atoms with Crippen LogP contribution in [0.2, 0.25) is 0 Å². The Bertz CT molecular complexity index is 1280. The summed E-state index contributed by atoms with van der Waals surface area (Å²) in [4.78, 5) is 24.5. The third-order valence-corrected chi connectivity index (χ3v) is 7.75. The molecule has 0 amide bonds. The van der Waals surface area contributed by atoms with Gasteiger partial charge in [-0.3, -0.25) is 9.88 Å². The summed E-state index contributed by atoms with van der Waals surface area (Å²) in [5, 5.41) is 5.72. The van der Waals surface area contributed by atoms with Gasteiger partial charge in [-0.1, -0.05) is 37.1 Å². The lowest BCUT2D eigenvalue weighted by Gasteiger charge is -2.43. The van der Waals surface area contributed by atoms with Crippen molar-refractivity contribution in [3.8, 4) is 0 Å². The number of hydrogen-bond donors (Lipinski definition) is 1. The van der Waals surface area contributed by atoms with Gasteiger partial charge in [-0.2, -0.15) is 0 Å². The highest BCUT2D eigenvalue weighted by Crippen LogP contribution is 2.34. The van der Waals surface area contributed by atoms with Crippen LogP contribution in [0.25, 0.3) is 10.8 Å². The summed E-state index contributed by atoms with van der Waals surface area (Å²) in [6, 6.07) is 12.4. The molecule has 3 aromatic rings. The Balaban J connectivity index is 1.10. The molecule has 0 saturated carbocycles. The van der Waals surface area contributed by atoms with Crippen LogP contribution in [0.15, 0.2) is 48.8 Å². The maximum atomic E-state index is 13.4. The van der Waals surface area contributed by atoms with Gasteiger partial charge in [-0.05, 0) is 82.0 Å². The van der Waals surface area contributed by atoms with Crippen LogP contribution in [0.3, 0.4) is 0 Å². The minimum absolute atomic E-state index is 0.149. The third kappa shape index (κ3) is 6.76. The largest absolute Gasteiger partial charge is 0.459 e. The number of unbranched alkanes of at least 4 members (excludes halogenated alkanes) is 2. The van der Waals surface area contributed by atoms with Crippen molar-refractivity contribution in [1.82, 2.24) is 14.9 Å². The Labute approximate surface area is 232 Å². The first-order valence-corrected chi connectivity index (χ1v) is 14.4. The van der Waals surface area contributed by atoms with E-state index in [4.69, 9.17) is 9.47 Å². The second-order valence-corrected chi connectivity index (χ2v) is 12.0. The number of pyridine rings is 2. The molecule has 1 aromatic carbocycles. The molecule has 1 unspecified atom stereocenters. The number of nitrogens with zero attached hydrogens (tertiary/aromatic N) is 3. The molecule has 0 radical (unpaired) electrons. The molecule has 2 aromatic heterocycles. The number of carbonyl (C=O) groups excluding carboxylic acids is 1. The number of aryl methyl sites for hydroxylation is 2. The molecule has 1 fully saturated rings. The zero-order valence-corrected chi connectivity index (χ0v) is 23.8. The van der Waals surface area contributed by atoms with Crippen molar-refractivity contribution in [3.05, 3.63) is 65.6 Å². The number of esters is 1. The number of nitrogens with one attached hydrogen (secondary N) is 1. The molecular formula is C32H42N4O3. The van der Waals surface area contributed by atoms with Crippen LogP contribution in [0, 0.1) is 6.92 Å². The van der Waals surface area contributed by atoms with E-state index in [0.29, 0.717) is 6.04 Å². The van der Waals surface area contributed by atoms with Crippen LogP contribution in [-0.4, -0.2) is 58.3 Å². The van der Waals surface area contributed by atoms with E-state index in [9.17, 15) is 4.79 Å². The Kier molecular flexibility index (Phi) is 8.48. The average Bonchev–Trinajstić information content (AvgIpc) is 2.88. The Morgan fingerprint density at radius 2 is 1.90 bits per heavy atom. The summed E-state index contributed by atoms with van der Waals surface area (Å²) >= 11 is 0. The molecule has 1 saturated heterocycles. The smallest absolute Gasteiger partial charge is 0.328 e. The van der Waals surface area contributed by atoms with Gasteiger partial charge in [-0.15, -0.1) is 0 Å². The molecule has 1 N–H and O–H groups in total. The Hall–Kier alpha value is -3.03. The van der Waals surface area contributed by atoms with Crippen LogP contribution >= 0.6 is 0 Å². The number of aromatic nitrogens is 2. The molecule has 208 valence electrons. The van der Waals surface area contributed by atoms with Crippen LogP contribution in [0.4, 0.5) is 5.82 Å². The fraction of sp³-hybridized carbons (Fsp3) is 0.531. The minimum Gasteiger partial charge on any atom is -0.459 e. The van der Waals surface area contributed by atoms with E-state index in [0.717, 1.165) is 66.8 Å². The summed E-state index contributed by atoms with van der Waals surface area (Å²) in [6.45, 7) is 9.97. The molecule has 2 aliphatic heterocycles. The first kappa shape index (κ1) is 27.5. The quantitative estimate of drug-likeness (QED) is 0.254. The second-order valence-electron chi connectivity index (χ2n) is 12.0. The molecule has 39 heavy (non-hydrogen) atoms. The number of carbonyl (C=O) groups is 1. The Morgan fingerprint density at radius 1 is 1.05 bits per heavy atom. The SMILES string of the molecule is Cc1nccc2c(C(C(=O)OC(C)(C)C)N3CC(OCCCCC[C@H]4CCc5cccnc5N4)C3)cccc12. The van der Waals surface area contributed by atoms with Gasteiger partial charge >= 0.3 is 5.97 Å². The standard InChI is InChI=1S/C32H42N4O3/c1-22-26-12-8-13-28(27(26)16-18-33-22)29(31(37)39-32(2,3)4)36-20-25(21-36)38-19-7-5-6-11-24-15-14-23-10-9-17-34-30(23)35-24/h8-10,12-13,16-18,24-25,29H,5-7,11,14-15,19-21H2,1-4H3,(H,34,35)/t24-,29?/m0/s1. The first-order valence-electron chi connectivity index (χ1n) is 14.4. The molecular weight excluding hydrogens is 488 g/mol. The fourth-order valence-corrected chi connectivity index (χ4v) is 5.73. The van der Waals surface area contributed by atoms with Crippen molar-refractivity contribution in [1.29, 1.82) is 0 Å². The normalized spacial score (nSPS) is 18.7. The molecule has 0 aliphatic carbocycles. The lowest BCUT2D eigenvalue weighted by Crippen LogP contribution is -2.55. The van der Waals surface area contributed by atoms with Crippen molar-refractivity contribution >= 4 is 22.6 Å². The second kappa shape index (κ2) is 12.0. The fourth-order valence-electron chi connectivity index (χ4n) is 5.73. The summed E-state index contributed by atoms with van der Waals surface area (Å²) in [5.41, 5.74) is 2.71. The number of benzene rings is 1. The molecule has 0 spiro atoms. The summed E-state index contributed by atoms with van der Waals surface area (Å²) < 4.78 is 12.1. The zero-order chi connectivity index (χ0) is 27.4. The van der Waals surface area contributed by atoms with Gasteiger partial charge in [0.05, 0.1) is 6.10 Å². The van der Waals surface area contributed by atoms with E-state index in [1.165, 1.54) is 24.8 Å². The lowest BCUT2D eigenvalue weighted by atomic mass is 9.94. The summed E-state index contributed by atoms with van der Waals surface area (Å²) in [7, 11) is 0. The zero-order valence-electron chi connectivity index (χ0n) is 23.8. The molecule has 7 nitrogen and oxygen atoms in total. The highest BCUT2D eigenvalue weighted by atomic mass is 16.6. The predicted molar refractivity (Wildman–Crippen MR) is 155 cm³/mol. The maximum absolute atomic E-state index is 13.4. The summed E-state index contributed by atoms with van der Waals surface area (Å²) in [5.74, 6) is 0.851. The first-order chi connectivity index (χ1) is 18.8. The highest BCUT2D eigenvalue weighted by Gasteiger charge is 2.40. The molecule has 7 heteroatoms. The lowest BCUT2D eigenvalue weighted by molar-refractivity contribution is -0.168. The van der Waals surface area contributed by atoms with Gasteiger partial charge in [0.2, 0.25) is 0 Å². The number of anilines is 1. The highest BCUT2D eigenvalue weighted by molar-refractivity contribution is 5.92. The van der Waals surface area contributed by atoms with Crippen molar-refractivity contribution in [2.45, 2.75) is 90.0 Å². The monoisotopic (exact) mass is 530 g/mol. The number of rotatable bonds is 10. The van der Waals surface area contributed by atoms with Gasteiger partial charge in [0, 0.05) is 49.2 Å². The molecule has 0 bridgehead atoms. The van der Waals surface area contributed by atoms with Crippen LogP contribution in [0.1, 0.15) is 75.7 Å². The van der Waals surface area contributed by atoms with E-state index in [-0.39, 0.29) is 12.1 Å². The molecule has 4 heterocycles. The van der Waals surface area contributed by atoms with Gasteiger partial charge in [0.15, 0.2) is 0 Å². The molecule has 5 rings (SSSR count). The van der Waals surface area contributed by atoms with Gasteiger partial charge in [0.25, 0.3) is 0 Å². The van der Waals surface area contributed by atoms with Crippen LogP contribution in [-0.2, 0) is 20.7 Å². The third-order valence-electron chi connectivity index (χ3n) is 7.75. The topological polar surface area (TPSA) is 76.6 Å².